The Bertz CT molecular complexity index is 1010. The number of hydrogen-bond acceptors (Lipinski definition) is 5. The number of carbonyl (C=O) groups excluding carboxylic acids is 1. The van der Waals surface area contributed by atoms with Gasteiger partial charge >= 0.3 is 0 Å². The number of anilines is 2. The van der Waals surface area contributed by atoms with Crippen LogP contribution >= 0.6 is 11.3 Å². The first kappa shape index (κ1) is 16.4. The molecular weight excluding hydrogens is 346 g/mol. The number of thiazole rings is 1. The van der Waals surface area contributed by atoms with Crippen molar-refractivity contribution in [3.63, 3.8) is 0 Å². The third-order valence-electron chi connectivity index (χ3n) is 3.25. The molecule has 0 bridgehead atoms. The van der Waals surface area contributed by atoms with E-state index in [-0.39, 0.29) is 5.91 Å². The molecule has 0 spiro atoms. The van der Waals surface area contributed by atoms with Crippen molar-refractivity contribution in [3.05, 3.63) is 53.6 Å². The normalized spacial score (nSPS) is 11.4. The fourth-order valence-corrected chi connectivity index (χ4v) is 3.81. The Balaban J connectivity index is 1.91. The minimum Gasteiger partial charge on any atom is -0.298 e. The Kier molecular flexibility index (Phi) is 4.25. The summed E-state index contributed by atoms with van der Waals surface area (Å²) >= 11 is 1.30. The van der Waals surface area contributed by atoms with Crippen LogP contribution in [0, 0.1) is 6.92 Å². The molecule has 124 valence electrons. The first-order chi connectivity index (χ1) is 11.3. The van der Waals surface area contributed by atoms with Crippen LogP contribution in [0.25, 0.3) is 10.2 Å². The Morgan fingerprint density at radius 1 is 1.17 bits per heavy atom. The van der Waals surface area contributed by atoms with Crippen molar-refractivity contribution in [2.45, 2.75) is 6.92 Å². The smallest absolute Gasteiger partial charge is 0.257 e. The van der Waals surface area contributed by atoms with E-state index in [0.29, 0.717) is 16.4 Å². The molecule has 8 heteroatoms. The molecule has 24 heavy (non-hydrogen) atoms. The third-order valence-corrected chi connectivity index (χ3v) is 4.77. The van der Waals surface area contributed by atoms with Crippen LogP contribution in [0.1, 0.15) is 15.9 Å². The second-order valence-electron chi connectivity index (χ2n) is 5.35. The fourth-order valence-electron chi connectivity index (χ4n) is 2.28. The second kappa shape index (κ2) is 6.21. The molecular formula is C16H15N3O3S2. The van der Waals surface area contributed by atoms with Crippen LogP contribution < -0.4 is 10.0 Å². The van der Waals surface area contributed by atoms with E-state index in [1.54, 1.807) is 36.4 Å². The summed E-state index contributed by atoms with van der Waals surface area (Å²) < 4.78 is 26.0. The molecule has 1 heterocycles. The molecule has 0 saturated heterocycles. The lowest BCUT2D eigenvalue weighted by molar-refractivity contribution is 0.102. The molecule has 0 atom stereocenters. The number of rotatable bonds is 4. The molecule has 3 rings (SSSR count). The maximum atomic E-state index is 12.2. The minimum absolute atomic E-state index is 0.234. The molecule has 0 aliphatic heterocycles. The molecule has 0 unspecified atom stereocenters. The number of hydrogen-bond donors (Lipinski definition) is 2. The fraction of sp³-hybridized carbons (Fsp3) is 0.125. The van der Waals surface area contributed by atoms with Crippen molar-refractivity contribution in [2.75, 3.05) is 16.3 Å². The Labute approximate surface area is 143 Å². The van der Waals surface area contributed by atoms with Gasteiger partial charge in [-0.15, -0.1) is 0 Å². The van der Waals surface area contributed by atoms with E-state index in [2.05, 4.69) is 15.0 Å². The van der Waals surface area contributed by atoms with Crippen LogP contribution in [-0.2, 0) is 10.0 Å². The average molecular weight is 361 g/mol. The zero-order chi connectivity index (χ0) is 17.3. The highest BCUT2D eigenvalue weighted by molar-refractivity contribution is 7.92. The minimum atomic E-state index is -3.35. The van der Waals surface area contributed by atoms with E-state index in [1.165, 1.54) is 11.3 Å². The molecule has 0 aliphatic carbocycles. The zero-order valence-electron chi connectivity index (χ0n) is 13.0. The lowest BCUT2D eigenvalue weighted by Gasteiger charge is -2.04. The summed E-state index contributed by atoms with van der Waals surface area (Å²) in [6, 6.07) is 12.3. The van der Waals surface area contributed by atoms with Gasteiger partial charge in [-0.2, -0.15) is 0 Å². The van der Waals surface area contributed by atoms with E-state index in [4.69, 9.17) is 0 Å². The Morgan fingerprint density at radius 3 is 2.54 bits per heavy atom. The summed E-state index contributed by atoms with van der Waals surface area (Å²) in [5.74, 6) is -0.234. The standard InChI is InChI=1S/C16H15N3O3S2/c1-10-8-12(19-24(2,21)22)9-13-14(10)17-16(23-13)18-15(20)11-6-4-3-5-7-11/h3-9,19H,1-2H3,(H,17,18,20). The van der Waals surface area contributed by atoms with Gasteiger partial charge in [-0.3, -0.25) is 14.8 Å². The van der Waals surface area contributed by atoms with Crippen molar-refractivity contribution >= 4 is 48.3 Å². The van der Waals surface area contributed by atoms with E-state index < -0.39 is 10.0 Å². The number of benzene rings is 2. The topological polar surface area (TPSA) is 88.2 Å². The van der Waals surface area contributed by atoms with E-state index in [9.17, 15) is 13.2 Å². The van der Waals surface area contributed by atoms with E-state index >= 15 is 0 Å². The van der Waals surface area contributed by atoms with Crippen molar-refractivity contribution in [3.8, 4) is 0 Å². The van der Waals surface area contributed by atoms with Gasteiger partial charge in [0.1, 0.15) is 0 Å². The molecule has 0 saturated carbocycles. The number of nitrogens with zero attached hydrogens (tertiary/aromatic N) is 1. The zero-order valence-corrected chi connectivity index (χ0v) is 14.7. The lowest BCUT2D eigenvalue weighted by atomic mass is 10.2. The summed E-state index contributed by atoms with van der Waals surface area (Å²) in [6.07, 6.45) is 1.10. The summed E-state index contributed by atoms with van der Waals surface area (Å²) in [5.41, 5.74) is 2.59. The third kappa shape index (κ3) is 3.72. The predicted octanol–water partition coefficient (Wildman–Crippen LogP) is 3.23. The summed E-state index contributed by atoms with van der Waals surface area (Å²) in [4.78, 5) is 16.6. The summed E-state index contributed by atoms with van der Waals surface area (Å²) in [6.45, 7) is 1.85. The maximum absolute atomic E-state index is 12.2. The predicted molar refractivity (Wildman–Crippen MR) is 97.2 cm³/mol. The van der Waals surface area contributed by atoms with Gasteiger partial charge < -0.3 is 0 Å². The number of aromatic nitrogens is 1. The molecule has 3 aromatic rings. The van der Waals surface area contributed by atoms with Crippen LogP contribution in [0.3, 0.4) is 0 Å². The highest BCUT2D eigenvalue weighted by Gasteiger charge is 2.13. The quantitative estimate of drug-likeness (QED) is 0.747. The van der Waals surface area contributed by atoms with E-state index in [0.717, 1.165) is 22.0 Å². The second-order valence-corrected chi connectivity index (χ2v) is 8.13. The number of carbonyl (C=O) groups is 1. The molecule has 6 nitrogen and oxygen atoms in total. The molecule has 1 amide bonds. The molecule has 1 aromatic heterocycles. The van der Waals surface area contributed by atoms with Gasteiger partial charge in [0.2, 0.25) is 10.0 Å². The molecule has 2 aromatic carbocycles. The Hall–Kier alpha value is -2.45. The Morgan fingerprint density at radius 2 is 1.88 bits per heavy atom. The van der Waals surface area contributed by atoms with Gasteiger partial charge in [-0.05, 0) is 36.8 Å². The van der Waals surface area contributed by atoms with Gasteiger partial charge in [0, 0.05) is 5.56 Å². The number of amides is 1. The first-order valence-corrected chi connectivity index (χ1v) is 9.78. The number of sulfonamides is 1. The van der Waals surface area contributed by atoms with Crippen LogP contribution in [0.5, 0.6) is 0 Å². The molecule has 0 aliphatic rings. The van der Waals surface area contributed by atoms with Gasteiger partial charge in [0.15, 0.2) is 5.13 Å². The average Bonchev–Trinajstić information content (AvgIpc) is 2.89. The molecule has 0 fully saturated rings. The summed E-state index contributed by atoms with van der Waals surface area (Å²) in [7, 11) is -3.35. The monoisotopic (exact) mass is 361 g/mol. The largest absolute Gasteiger partial charge is 0.298 e. The van der Waals surface area contributed by atoms with Crippen LogP contribution in [0.15, 0.2) is 42.5 Å². The van der Waals surface area contributed by atoms with Crippen molar-refractivity contribution < 1.29 is 13.2 Å². The molecule has 2 N–H and O–H groups in total. The maximum Gasteiger partial charge on any atom is 0.257 e. The van der Waals surface area contributed by atoms with Gasteiger partial charge in [-0.1, -0.05) is 29.5 Å². The van der Waals surface area contributed by atoms with Gasteiger partial charge in [0.25, 0.3) is 5.91 Å². The van der Waals surface area contributed by atoms with E-state index in [1.807, 2.05) is 13.0 Å². The highest BCUT2D eigenvalue weighted by atomic mass is 32.2. The van der Waals surface area contributed by atoms with Gasteiger partial charge in [-0.25, -0.2) is 13.4 Å². The van der Waals surface area contributed by atoms with Crippen molar-refractivity contribution in [2.24, 2.45) is 0 Å². The summed E-state index contributed by atoms with van der Waals surface area (Å²) in [5, 5.41) is 3.24. The SMILES string of the molecule is Cc1cc(NS(C)(=O)=O)cc2sc(NC(=O)c3ccccc3)nc12. The lowest BCUT2D eigenvalue weighted by Crippen LogP contribution is -2.11. The van der Waals surface area contributed by atoms with Crippen molar-refractivity contribution in [1.82, 2.24) is 4.98 Å². The highest BCUT2D eigenvalue weighted by Crippen LogP contribution is 2.31. The van der Waals surface area contributed by atoms with Crippen LogP contribution in [-0.4, -0.2) is 25.6 Å². The van der Waals surface area contributed by atoms with Crippen molar-refractivity contribution in [1.29, 1.82) is 0 Å². The number of fused-ring (bicyclic) bond motifs is 1. The first-order valence-electron chi connectivity index (χ1n) is 7.07. The number of aryl methyl sites for hydroxylation is 1. The van der Waals surface area contributed by atoms with Crippen LogP contribution in [0.2, 0.25) is 0 Å². The van der Waals surface area contributed by atoms with Crippen LogP contribution in [0.4, 0.5) is 10.8 Å². The molecule has 0 radical (unpaired) electrons. The van der Waals surface area contributed by atoms with Gasteiger partial charge in [0.05, 0.1) is 22.2 Å². The number of nitrogens with one attached hydrogen (secondary N) is 2.